The Morgan fingerprint density at radius 3 is 2.12 bits per heavy atom. The molecule has 3 aromatic rings. The van der Waals surface area contributed by atoms with Crippen LogP contribution in [0.15, 0.2) is 85.1 Å². The predicted molar refractivity (Wildman–Crippen MR) is 133 cm³/mol. The normalized spacial score (nSPS) is 15.2. The summed E-state index contributed by atoms with van der Waals surface area (Å²) in [5.41, 5.74) is 1.90. The van der Waals surface area contributed by atoms with Gasteiger partial charge in [0, 0.05) is 12.2 Å². The van der Waals surface area contributed by atoms with Crippen molar-refractivity contribution in [1.82, 2.24) is 9.88 Å². The van der Waals surface area contributed by atoms with Gasteiger partial charge in [0.15, 0.2) is 0 Å². The van der Waals surface area contributed by atoms with Gasteiger partial charge in [0.05, 0.1) is 25.5 Å². The van der Waals surface area contributed by atoms with E-state index in [0.29, 0.717) is 26.2 Å². The van der Waals surface area contributed by atoms with E-state index in [1.54, 1.807) is 6.20 Å². The molecule has 178 valence electrons. The number of carbonyl (C=O) groups is 1. The van der Waals surface area contributed by atoms with E-state index in [1.807, 2.05) is 85.8 Å². The number of rotatable bonds is 11. The van der Waals surface area contributed by atoms with E-state index in [4.69, 9.17) is 9.47 Å². The Morgan fingerprint density at radius 2 is 1.56 bits per heavy atom. The predicted octanol–water partition coefficient (Wildman–Crippen LogP) is 5.00. The quantitative estimate of drug-likeness (QED) is 0.379. The number of aromatic nitrogens is 1. The molecule has 5 nitrogen and oxygen atoms in total. The van der Waals surface area contributed by atoms with Crippen molar-refractivity contribution in [2.45, 2.75) is 44.2 Å². The Morgan fingerprint density at radius 1 is 0.941 bits per heavy atom. The van der Waals surface area contributed by atoms with Gasteiger partial charge >= 0.3 is 5.97 Å². The minimum atomic E-state index is -0.917. The van der Waals surface area contributed by atoms with Crippen LogP contribution in [0, 0.1) is 0 Å². The molecule has 1 aliphatic heterocycles. The second-order valence-corrected chi connectivity index (χ2v) is 8.80. The second kappa shape index (κ2) is 11.9. The van der Waals surface area contributed by atoms with Gasteiger partial charge in [-0.2, -0.15) is 0 Å². The number of nitrogens with zero attached hydrogens (tertiary/aromatic N) is 2. The molecule has 0 saturated carbocycles. The molecule has 0 N–H and O–H groups in total. The Balaban J connectivity index is 1.69. The molecule has 0 radical (unpaired) electrons. The van der Waals surface area contributed by atoms with Gasteiger partial charge in [0.2, 0.25) is 0 Å². The minimum absolute atomic E-state index is 0.0658. The number of carbonyl (C=O) groups excluding carboxylic acids is 1. The minimum Gasteiger partial charge on any atom is -0.465 e. The number of esters is 1. The molecular weight excluding hydrogens is 424 g/mol. The fourth-order valence-corrected chi connectivity index (χ4v) is 4.96. The fraction of sp³-hybridized carbons (Fsp3) is 0.379. The summed E-state index contributed by atoms with van der Waals surface area (Å²) in [5.74, 6) is -0.207. The highest BCUT2D eigenvalue weighted by molar-refractivity contribution is 5.87. The third kappa shape index (κ3) is 5.54. The van der Waals surface area contributed by atoms with Crippen LogP contribution in [0.25, 0.3) is 0 Å². The Bertz CT molecular complexity index is 966. The van der Waals surface area contributed by atoms with E-state index in [9.17, 15) is 4.79 Å². The molecule has 0 bridgehead atoms. The number of likely N-dealkylation sites (tertiary alicyclic amines) is 1. The van der Waals surface area contributed by atoms with Crippen molar-refractivity contribution in [2.75, 3.05) is 26.3 Å². The summed E-state index contributed by atoms with van der Waals surface area (Å²) in [7, 11) is 0. The highest BCUT2D eigenvalue weighted by Gasteiger charge is 2.46. The summed E-state index contributed by atoms with van der Waals surface area (Å²) in [6.07, 6.45) is 4.70. The lowest BCUT2D eigenvalue weighted by Crippen LogP contribution is -2.47. The summed E-state index contributed by atoms with van der Waals surface area (Å²) in [5, 5.41) is 0. The van der Waals surface area contributed by atoms with Crippen LogP contribution < -0.4 is 0 Å². The summed E-state index contributed by atoms with van der Waals surface area (Å²) in [4.78, 5) is 20.7. The van der Waals surface area contributed by atoms with Gasteiger partial charge in [0.25, 0.3) is 0 Å². The molecule has 1 unspecified atom stereocenters. The van der Waals surface area contributed by atoms with Crippen LogP contribution in [0.1, 0.15) is 43.0 Å². The first-order valence-corrected chi connectivity index (χ1v) is 12.2. The molecule has 2 heterocycles. The number of hydrogen-bond donors (Lipinski definition) is 0. The zero-order valence-corrected chi connectivity index (χ0v) is 19.9. The zero-order chi connectivity index (χ0) is 23.6. The summed E-state index contributed by atoms with van der Waals surface area (Å²) in [6, 6.07) is 26.0. The van der Waals surface area contributed by atoms with E-state index in [1.165, 1.54) is 12.8 Å². The summed E-state index contributed by atoms with van der Waals surface area (Å²) in [6.45, 7) is 5.21. The van der Waals surface area contributed by atoms with Crippen molar-refractivity contribution in [1.29, 1.82) is 0 Å². The third-order valence-corrected chi connectivity index (χ3v) is 6.64. The molecule has 1 aliphatic rings. The first kappa shape index (κ1) is 24.1. The second-order valence-electron chi connectivity index (χ2n) is 8.80. The smallest absolute Gasteiger partial charge is 0.321 e. The molecule has 0 spiro atoms. The number of benzene rings is 2. The summed E-state index contributed by atoms with van der Waals surface area (Å²) < 4.78 is 11.9. The fourth-order valence-electron chi connectivity index (χ4n) is 4.96. The van der Waals surface area contributed by atoms with Crippen molar-refractivity contribution in [2.24, 2.45) is 0 Å². The Labute approximate surface area is 202 Å². The van der Waals surface area contributed by atoms with Crippen molar-refractivity contribution < 1.29 is 14.3 Å². The Kier molecular flexibility index (Phi) is 8.45. The van der Waals surface area contributed by atoms with E-state index < -0.39 is 5.41 Å². The van der Waals surface area contributed by atoms with Crippen LogP contribution in [0.3, 0.4) is 0 Å². The lowest BCUT2D eigenvalue weighted by molar-refractivity contribution is -0.149. The van der Waals surface area contributed by atoms with Gasteiger partial charge in [-0.1, -0.05) is 66.7 Å². The maximum atomic E-state index is 13.8. The lowest BCUT2D eigenvalue weighted by atomic mass is 9.70. The van der Waals surface area contributed by atoms with Crippen molar-refractivity contribution in [3.63, 3.8) is 0 Å². The van der Waals surface area contributed by atoms with E-state index >= 15 is 0 Å². The van der Waals surface area contributed by atoms with Crippen molar-refractivity contribution >= 4 is 5.97 Å². The van der Waals surface area contributed by atoms with E-state index in [2.05, 4.69) is 9.88 Å². The van der Waals surface area contributed by atoms with Gasteiger partial charge < -0.3 is 9.47 Å². The highest BCUT2D eigenvalue weighted by Crippen LogP contribution is 2.40. The number of ether oxygens (including phenoxy) is 2. The largest absolute Gasteiger partial charge is 0.465 e. The van der Waals surface area contributed by atoms with Crippen LogP contribution >= 0.6 is 0 Å². The molecule has 5 heteroatoms. The van der Waals surface area contributed by atoms with Crippen molar-refractivity contribution in [3.8, 4) is 0 Å². The zero-order valence-electron chi connectivity index (χ0n) is 19.9. The van der Waals surface area contributed by atoms with Crippen LogP contribution in [0.5, 0.6) is 0 Å². The van der Waals surface area contributed by atoms with Crippen LogP contribution in [-0.2, 0) is 26.3 Å². The van der Waals surface area contributed by atoms with Gasteiger partial charge in [0.1, 0.15) is 5.41 Å². The lowest BCUT2D eigenvalue weighted by Gasteiger charge is -2.38. The average molecular weight is 459 g/mol. The summed E-state index contributed by atoms with van der Waals surface area (Å²) >= 11 is 0. The average Bonchev–Trinajstić information content (AvgIpc) is 3.43. The van der Waals surface area contributed by atoms with Crippen LogP contribution in [0.4, 0.5) is 0 Å². The molecule has 1 atom stereocenters. The molecule has 1 aromatic heterocycles. The van der Waals surface area contributed by atoms with E-state index in [0.717, 1.165) is 29.9 Å². The Hall–Kier alpha value is -3.02. The monoisotopic (exact) mass is 458 g/mol. The third-order valence-electron chi connectivity index (χ3n) is 6.64. The molecule has 34 heavy (non-hydrogen) atoms. The molecule has 0 amide bonds. The number of hydrogen-bond acceptors (Lipinski definition) is 5. The standard InChI is InChI=1S/C29H34N2O3/c1-2-34-28(32)29(24-13-5-3-6-14-24,25-15-7-4-8-16-25)21-27(31-19-11-12-20-31)23-33-22-26-17-9-10-18-30-26/h3-10,13-18,27H,2,11-12,19-23H2,1H3. The molecule has 4 rings (SSSR count). The van der Waals surface area contributed by atoms with Gasteiger partial charge in [-0.25, -0.2) is 0 Å². The molecule has 2 aromatic carbocycles. The van der Waals surface area contributed by atoms with E-state index in [-0.39, 0.29) is 12.0 Å². The van der Waals surface area contributed by atoms with Crippen LogP contribution in [-0.4, -0.2) is 48.2 Å². The van der Waals surface area contributed by atoms with Gasteiger partial charge in [-0.05, 0) is 62.5 Å². The SMILES string of the molecule is CCOC(=O)C(CC(COCc1ccccn1)N1CCCC1)(c1ccccc1)c1ccccc1. The molecule has 1 fully saturated rings. The van der Waals surface area contributed by atoms with Gasteiger partial charge in [-0.15, -0.1) is 0 Å². The van der Waals surface area contributed by atoms with Crippen molar-refractivity contribution in [3.05, 3.63) is 102 Å². The molecular formula is C29H34N2O3. The maximum absolute atomic E-state index is 13.8. The highest BCUT2D eigenvalue weighted by atomic mass is 16.5. The van der Waals surface area contributed by atoms with Crippen LogP contribution in [0.2, 0.25) is 0 Å². The first-order valence-electron chi connectivity index (χ1n) is 12.2. The maximum Gasteiger partial charge on any atom is 0.321 e. The first-order chi connectivity index (χ1) is 16.7. The topological polar surface area (TPSA) is 51.7 Å². The molecule has 0 aliphatic carbocycles. The van der Waals surface area contributed by atoms with Gasteiger partial charge in [-0.3, -0.25) is 14.7 Å². The number of pyridine rings is 1. The molecule has 1 saturated heterocycles.